The van der Waals surface area contributed by atoms with E-state index in [2.05, 4.69) is 6.58 Å². The van der Waals surface area contributed by atoms with Crippen molar-refractivity contribution in [2.75, 3.05) is 0 Å². The summed E-state index contributed by atoms with van der Waals surface area (Å²) in [6, 6.07) is 0. The van der Waals surface area contributed by atoms with Gasteiger partial charge in [0.25, 0.3) is 6.43 Å². The Balaban J connectivity index is 4.68. The molecule has 0 aliphatic rings. The van der Waals surface area contributed by atoms with E-state index < -0.39 is 6.43 Å². The molecule has 0 unspecified atom stereocenters. The minimum absolute atomic E-state index is 0.0301. The molecular formula is C10H14F2. The van der Waals surface area contributed by atoms with Crippen LogP contribution in [0.2, 0.25) is 0 Å². The van der Waals surface area contributed by atoms with Gasteiger partial charge in [-0.05, 0) is 20.8 Å². The molecule has 0 spiro atoms. The predicted octanol–water partition coefficient (Wildman–Crippen LogP) is 3.72. The maximum Gasteiger partial charge on any atom is 0.263 e. The van der Waals surface area contributed by atoms with Crippen molar-refractivity contribution in [2.45, 2.75) is 27.2 Å². The zero-order valence-corrected chi connectivity index (χ0v) is 7.70. The van der Waals surface area contributed by atoms with Gasteiger partial charge in [-0.15, -0.1) is 0 Å². The first-order chi connectivity index (χ1) is 5.43. The van der Waals surface area contributed by atoms with E-state index in [1.165, 1.54) is 12.2 Å². The van der Waals surface area contributed by atoms with Crippen LogP contribution in [-0.2, 0) is 0 Å². The lowest BCUT2D eigenvalue weighted by molar-refractivity contribution is 0.194. The lowest BCUT2D eigenvalue weighted by Crippen LogP contribution is -1.94. The molecule has 0 heterocycles. The molecule has 0 aromatic rings. The smallest absolute Gasteiger partial charge is 0.205 e. The van der Waals surface area contributed by atoms with E-state index in [0.29, 0.717) is 5.57 Å². The van der Waals surface area contributed by atoms with Gasteiger partial charge >= 0.3 is 0 Å². The number of allylic oxidation sites excluding steroid dienone is 5. The van der Waals surface area contributed by atoms with Crippen molar-refractivity contribution in [3.05, 3.63) is 35.5 Å². The summed E-state index contributed by atoms with van der Waals surface area (Å²) < 4.78 is 24.5. The molecule has 12 heavy (non-hydrogen) atoms. The van der Waals surface area contributed by atoms with E-state index in [0.717, 1.165) is 5.57 Å². The van der Waals surface area contributed by atoms with Gasteiger partial charge in [0.05, 0.1) is 0 Å². The Morgan fingerprint density at radius 3 is 1.92 bits per heavy atom. The average molecular weight is 172 g/mol. The summed E-state index contributed by atoms with van der Waals surface area (Å²) in [5.41, 5.74) is 1.54. The van der Waals surface area contributed by atoms with Crippen molar-refractivity contribution in [1.29, 1.82) is 0 Å². The highest BCUT2D eigenvalue weighted by Crippen LogP contribution is 2.14. The molecule has 0 fully saturated rings. The van der Waals surface area contributed by atoms with E-state index in [-0.39, 0.29) is 5.57 Å². The van der Waals surface area contributed by atoms with E-state index in [1.807, 2.05) is 0 Å². The van der Waals surface area contributed by atoms with Gasteiger partial charge in [-0.3, -0.25) is 0 Å². The molecule has 0 rings (SSSR count). The third-order valence-electron chi connectivity index (χ3n) is 1.12. The van der Waals surface area contributed by atoms with Crippen molar-refractivity contribution < 1.29 is 8.78 Å². The third-order valence-corrected chi connectivity index (χ3v) is 1.12. The molecule has 0 N–H and O–H groups in total. The van der Waals surface area contributed by atoms with Gasteiger partial charge in [-0.25, -0.2) is 8.78 Å². The van der Waals surface area contributed by atoms with Gasteiger partial charge in [0.2, 0.25) is 0 Å². The Bertz CT molecular complexity index is 218. The Morgan fingerprint density at radius 2 is 1.67 bits per heavy atom. The second-order valence-electron chi connectivity index (χ2n) is 3.01. The zero-order chi connectivity index (χ0) is 9.72. The fraction of sp³-hybridized carbons (Fsp3) is 0.400. The second-order valence-corrected chi connectivity index (χ2v) is 3.01. The quantitative estimate of drug-likeness (QED) is 0.569. The zero-order valence-electron chi connectivity index (χ0n) is 7.70. The van der Waals surface area contributed by atoms with Gasteiger partial charge < -0.3 is 0 Å². The van der Waals surface area contributed by atoms with Crippen LogP contribution >= 0.6 is 0 Å². The normalized spacial score (nSPS) is 11.7. The van der Waals surface area contributed by atoms with Crippen molar-refractivity contribution in [3.8, 4) is 0 Å². The van der Waals surface area contributed by atoms with Crippen LogP contribution in [-0.4, -0.2) is 6.43 Å². The second kappa shape index (κ2) is 4.86. The van der Waals surface area contributed by atoms with Gasteiger partial charge in [0, 0.05) is 5.57 Å². The summed E-state index contributed by atoms with van der Waals surface area (Å²) in [5.74, 6) is 0. The molecule has 0 bridgehead atoms. The Hall–Kier alpha value is -0.920. The molecule has 0 atom stereocenters. The van der Waals surface area contributed by atoms with E-state index in [1.54, 1.807) is 20.8 Å². The third kappa shape index (κ3) is 4.83. The van der Waals surface area contributed by atoms with Crippen molar-refractivity contribution in [3.63, 3.8) is 0 Å². The molecule has 0 aromatic heterocycles. The molecule has 0 amide bonds. The molecule has 0 aliphatic heterocycles. The maximum absolute atomic E-state index is 12.3. The van der Waals surface area contributed by atoms with E-state index in [9.17, 15) is 8.78 Å². The number of halogens is 2. The standard InChI is InChI=1S/C10H14F2/c1-7(2)5-9(10(11)12)6-8(3)4/h5-6,10H,1H2,2-4H3/b9-5+. The molecule has 68 valence electrons. The Kier molecular flexibility index (Phi) is 4.49. The fourth-order valence-electron chi connectivity index (χ4n) is 0.786. The summed E-state index contributed by atoms with van der Waals surface area (Å²) in [4.78, 5) is 0. The minimum Gasteiger partial charge on any atom is -0.205 e. The first-order valence-corrected chi connectivity index (χ1v) is 3.73. The van der Waals surface area contributed by atoms with Crippen molar-refractivity contribution in [2.24, 2.45) is 0 Å². The van der Waals surface area contributed by atoms with Crippen LogP contribution in [0.5, 0.6) is 0 Å². The van der Waals surface area contributed by atoms with Crippen molar-refractivity contribution in [1.82, 2.24) is 0 Å². The van der Waals surface area contributed by atoms with Gasteiger partial charge in [0.15, 0.2) is 0 Å². The molecule has 0 radical (unpaired) electrons. The van der Waals surface area contributed by atoms with Gasteiger partial charge in [0.1, 0.15) is 0 Å². The van der Waals surface area contributed by atoms with Crippen LogP contribution in [0.15, 0.2) is 35.5 Å². The van der Waals surface area contributed by atoms with Crippen LogP contribution in [0, 0.1) is 0 Å². The van der Waals surface area contributed by atoms with Crippen LogP contribution in [0.3, 0.4) is 0 Å². The number of hydrogen-bond donors (Lipinski definition) is 0. The highest BCUT2D eigenvalue weighted by atomic mass is 19.3. The first-order valence-electron chi connectivity index (χ1n) is 3.73. The van der Waals surface area contributed by atoms with Crippen molar-refractivity contribution >= 4 is 0 Å². The van der Waals surface area contributed by atoms with Gasteiger partial charge in [-0.2, -0.15) is 0 Å². The first kappa shape index (κ1) is 11.1. The monoisotopic (exact) mass is 172 g/mol. The molecule has 0 saturated carbocycles. The Labute approximate surface area is 72.3 Å². The minimum atomic E-state index is -2.42. The largest absolute Gasteiger partial charge is 0.263 e. The highest BCUT2D eigenvalue weighted by Gasteiger charge is 2.07. The molecule has 0 aliphatic carbocycles. The van der Waals surface area contributed by atoms with E-state index >= 15 is 0 Å². The average Bonchev–Trinajstić information content (AvgIpc) is 1.83. The topological polar surface area (TPSA) is 0 Å². The summed E-state index contributed by atoms with van der Waals surface area (Å²) in [7, 11) is 0. The fourth-order valence-corrected chi connectivity index (χ4v) is 0.786. The van der Waals surface area contributed by atoms with Crippen LogP contribution in [0.1, 0.15) is 20.8 Å². The summed E-state index contributed by atoms with van der Waals surface area (Å²) in [6.45, 7) is 8.81. The lowest BCUT2D eigenvalue weighted by Gasteiger charge is -2.01. The summed E-state index contributed by atoms with van der Waals surface area (Å²) >= 11 is 0. The molecule has 0 aromatic carbocycles. The lowest BCUT2D eigenvalue weighted by atomic mass is 10.1. The van der Waals surface area contributed by atoms with Crippen LogP contribution in [0.4, 0.5) is 8.78 Å². The molecule has 2 heteroatoms. The molecule has 0 saturated heterocycles. The van der Waals surface area contributed by atoms with Gasteiger partial charge in [-0.1, -0.05) is 29.9 Å². The summed E-state index contributed by atoms with van der Waals surface area (Å²) in [5, 5.41) is 0. The van der Waals surface area contributed by atoms with E-state index in [4.69, 9.17) is 0 Å². The van der Waals surface area contributed by atoms with Crippen LogP contribution in [0.25, 0.3) is 0 Å². The maximum atomic E-state index is 12.3. The predicted molar refractivity (Wildman–Crippen MR) is 48.3 cm³/mol. The molecule has 0 nitrogen and oxygen atoms in total. The molecular weight excluding hydrogens is 158 g/mol. The number of alkyl halides is 2. The number of rotatable bonds is 3. The number of hydrogen-bond acceptors (Lipinski definition) is 0. The SMILES string of the molecule is C=C(C)/C=C(\C=C(C)C)C(F)F. The summed E-state index contributed by atoms with van der Waals surface area (Å²) in [6.07, 6.45) is 0.452. The highest BCUT2D eigenvalue weighted by molar-refractivity contribution is 5.30. The Morgan fingerprint density at radius 1 is 1.17 bits per heavy atom. The van der Waals surface area contributed by atoms with Crippen LogP contribution < -0.4 is 0 Å².